The van der Waals surface area contributed by atoms with Crippen LogP contribution in [0, 0.1) is 0 Å². The quantitative estimate of drug-likeness (QED) is 0.729. The first-order valence-corrected chi connectivity index (χ1v) is 4.80. The number of rotatable bonds is 2. The smallest absolute Gasteiger partial charge is 0.199 e. The highest BCUT2D eigenvalue weighted by atomic mass is 16.5. The summed E-state index contributed by atoms with van der Waals surface area (Å²) in [4.78, 5) is 10.5. The van der Waals surface area contributed by atoms with Crippen molar-refractivity contribution in [2.24, 2.45) is 5.10 Å². The van der Waals surface area contributed by atoms with Gasteiger partial charge in [-0.2, -0.15) is 5.10 Å². The second-order valence-electron chi connectivity index (χ2n) is 3.33. The fraction of sp³-hybridized carbons (Fsp3) is 0.273. The van der Waals surface area contributed by atoms with E-state index in [1.807, 2.05) is 37.3 Å². The molecule has 1 aliphatic heterocycles. The fourth-order valence-corrected chi connectivity index (χ4v) is 1.51. The number of hydrogen-bond acceptors (Lipinski definition) is 4. The van der Waals surface area contributed by atoms with Crippen molar-refractivity contribution < 1.29 is 9.53 Å². The van der Waals surface area contributed by atoms with E-state index in [4.69, 9.17) is 4.74 Å². The van der Waals surface area contributed by atoms with Gasteiger partial charge >= 0.3 is 0 Å². The van der Waals surface area contributed by atoms with Crippen LogP contribution in [-0.4, -0.2) is 24.3 Å². The summed E-state index contributed by atoms with van der Waals surface area (Å²) >= 11 is 0. The minimum absolute atomic E-state index is 0.177. The highest BCUT2D eigenvalue weighted by Gasteiger charge is 2.22. The van der Waals surface area contributed by atoms with Gasteiger partial charge in [0.25, 0.3) is 0 Å². The number of ether oxygens (including phenoxy) is 1. The molecule has 15 heavy (non-hydrogen) atoms. The minimum atomic E-state index is -0.632. The molecule has 0 saturated heterocycles. The zero-order valence-corrected chi connectivity index (χ0v) is 8.38. The SMILES string of the molecule is CC1OC(C=O)NN=C1c1ccccc1. The highest BCUT2D eigenvalue weighted by Crippen LogP contribution is 2.11. The third kappa shape index (κ3) is 2.05. The summed E-state index contributed by atoms with van der Waals surface area (Å²) in [5.41, 5.74) is 4.46. The van der Waals surface area contributed by atoms with Gasteiger partial charge in [0.15, 0.2) is 12.5 Å². The first-order chi connectivity index (χ1) is 7.31. The Morgan fingerprint density at radius 2 is 2.13 bits per heavy atom. The highest BCUT2D eigenvalue weighted by molar-refractivity contribution is 6.03. The lowest BCUT2D eigenvalue weighted by Crippen LogP contribution is -2.42. The van der Waals surface area contributed by atoms with Crippen LogP contribution in [0.1, 0.15) is 12.5 Å². The van der Waals surface area contributed by atoms with Crippen LogP contribution in [0.15, 0.2) is 35.4 Å². The largest absolute Gasteiger partial charge is 0.341 e. The normalized spacial score (nSPS) is 25.3. The Morgan fingerprint density at radius 1 is 1.40 bits per heavy atom. The third-order valence-corrected chi connectivity index (χ3v) is 2.24. The monoisotopic (exact) mass is 204 g/mol. The van der Waals surface area contributed by atoms with Gasteiger partial charge in [-0.05, 0) is 6.92 Å². The van der Waals surface area contributed by atoms with Gasteiger partial charge in [-0.1, -0.05) is 30.3 Å². The fourth-order valence-electron chi connectivity index (χ4n) is 1.51. The molecule has 0 fully saturated rings. The maximum Gasteiger partial charge on any atom is 0.199 e. The van der Waals surface area contributed by atoms with Gasteiger partial charge in [0.2, 0.25) is 0 Å². The molecule has 4 nitrogen and oxygen atoms in total. The van der Waals surface area contributed by atoms with Crippen molar-refractivity contribution in [1.82, 2.24) is 5.43 Å². The first kappa shape index (κ1) is 9.86. The van der Waals surface area contributed by atoms with Gasteiger partial charge in [0.1, 0.15) is 6.10 Å². The van der Waals surface area contributed by atoms with Gasteiger partial charge < -0.3 is 4.74 Å². The summed E-state index contributed by atoms with van der Waals surface area (Å²) in [6.07, 6.45) is -0.113. The van der Waals surface area contributed by atoms with Gasteiger partial charge in [-0.15, -0.1) is 0 Å². The van der Waals surface area contributed by atoms with Crippen molar-refractivity contribution in [3.05, 3.63) is 35.9 Å². The van der Waals surface area contributed by atoms with Crippen LogP contribution in [0.3, 0.4) is 0 Å². The summed E-state index contributed by atoms with van der Waals surface area (Å²) in [5, 5.41) is 4.14. The molecule has 0 bridgehead atoms. The van der Waals surface area contributed by atoms with E-state index in [2.05, 4.69) is 10.5 Å². The molecule has 1 heterocycles. The molecule has 0 aromatic heterocycles. The maximum absolute atomic E-state index is 10.5. The molecule has 1 aromatic rings. The van der Waals surface area contributed by atoms with E-state index in [9.17, 15) is 4.79 Å². The minimum Gasteiger partial charge on any atom is -0.341 e. The molecule has 0 amide bonds. The number of benzene rings is 1. The van der Waals surface area contributed by atoms with Crippen molar-refractivity contribution in [2.45, 2.75) is 19.3 Å². The molecule has 4 heteroatoms. The molecule has 78 valence electrons. The number of aldehydes is 1. The summed E-state index contributed by atoms with van der Waals surface area (Å²) < 4.78 is 5.39. The number of nitrogens with zero attached hydrogens (tertiary/aromatic N) is 1. The number of carbonyl (C=O) groups is 1. The zero-order chi connectivity index (χ0) is 10.7. The number of nitrogens with one attached hydrogen (secondary N) is 1. The van der Waals surface area contributed by atoms with Gasteiger partial charge in [0, 0.05) is 5.56 Å². The molecule has 1 N–H and O–H groups in total. The number of carbonyl (C=O) groups excluding carboxylic acids is 1. The van der Waals surface area contributed by atoms with Crippen molar-refractivity contribution in [3.8, 4) is 0 Å². The van der Waals surface area contributed by atoms with E-state index in [1.165, 1.54) is 0 Å². The summed E-state index contributed by atoms with van der Waals surface area (Å²) in [6.45, 7) is 1.88. The van der Waals surface area contributed by atoms with Crippen LogP contribution in [0.5, 0.6) is 0 Å². The molecule has 0 aliphatic carbocycles. The summed E-state index contributed by atoms with van der Waals surface area (Å²) in [7, 11) is 0. The predicted octanol–water partition coefficient (Wildman–Crippen LogP) is 0.924. The van der Waals surface area contributed by atoms with Crippen LogP contribution in [0.4, 0.5) is 0 Å². The molecule has 2 atom stereocenters. The molecular formula is C11H12N2O2. The van der Waals surface area contributed by atoms with E-state index in [-0.39, 0.29) is 6.10 Å². The van der Waals surface area contributed by atoms with Gasteiger partial charge in [0.05, 0.1) is 5.71 Å². The molecule has 0 spiro atoms. The molecule has 0 saturated carbocycles. The second-order valence-corrected chi connectivity index (χ2v) is 3.33. The van der Waals surface area contributed by atoms with E-state index >= 15 is 0 Å². The molecular weight excluding hydrogens is 192 g/mol. The van der Waals surface area contributed by atoms with Crippen LogP contribution in [0.25, 0.3) is 0 Å². The maximum atomic E-state index is 10.5. The van der Waals surface area contributed by atoms with E-state index in [1.54, 1.807) is 0 Å². The van der Waals surface area contributed by atoms with Crippen LogP contribution >= 0.6 is 0 Å². The lowest BCUT2D eigenvalue weighted by atomic mass is 10.1. The Hall–Kier alpha value is -1.68. The third-order valence-electron chi connectivity index (χ3n) is 2.24. The van der Waals surface area contributed by atoms with Crippen LogP contribution < -0.4 is 5.43 Å². The number of hydrogen-bond donors (Lipinski definition) is 1. The lowest BCUT2D eigenvalue weighted by Gasteiger charge is -2.25. The summed E-state index contributed by atoms with van der Waals surface area (Å²) in [6, 6.07) is 9.75. The van der Waals surface area contributed by atoms with E-state index < -0.39 is 6.23 Å². The topological polar surface area (TPSA) is 50.7 Å². The molecule has 0 radical (unpaired) electrons. The lowest BCUT2D eigenvalue weighted by molar-refractivity contribution is -0.122. The first-order valence-electron chi connectivity index (χ1n) is 4.80. The predicted molar refractivity (Wildman–Crippen MR) is 56.5 cm³/mol. The summed E-state index contributed by atoms with van der Waals surface area (Å²) in [5.74, 6) is 0. The molecule has 2 unspecified atom stereocenters. The van der Waals surface area contributed by atoms with Gasteiger partial charge in [-0.25, -0.2) is 0 Å². The van der Waals surface area contributed by atoms with Crippen LogP contribution in [-0.2, 0) is 9.53 Å². The van der Waals surface area contributed by atoms with Gasteiger partial charge in [-0.3, -0.25) is 10.2 Å². The van der Waals surface area contributed by atoms with Crippen molar-refractivity contribution in [2.75, 3.05) is 0 Å². The van der Waals surface area contributed by atoms with Crippen molar-refractivity contribution in [1.29, 1.82) is 0 Å². The molecule has 1 aliphatic rings. The van der Waals surface area contributed by atoms with Crippen molar-refractivity contribution in [3.63, 3.8) is 0 Å². The second kappa shape index (κ2) is 4.23. The van der Waals surface area contributed by atoms with Crippen molar-refractivity contribution >= 4 is 12.0 Å². The molecule has 2 rings (SSSR count). The average molecular weight is 204 g/mol. The Morgan fingerprint density at radius 3 is 2.73 bits per heavy atom. The average Bonchev–Trinajstić information content (AvgIpc) is 2.30. The Kier molecular flexibility index (Phi) is 2.78. The Balaban J connectivity index is 2.24. The van der Waals surface area contributed by atoms with E-state index in [0.29, 0.717) is 6.29 Å². The standard InChI is InChI=1S/C11H12N2O2/c1-8-11(9-5-3-2-4-6-9)13-12-10(7-14)15-8/h2-8,10,12H,1H3. The Labute approximate surface area is 87.9 Å². The van der Waals surface area contributed by atoms with Crippen LogP contribution in [0.2, 0.25) is 0 Å². The zero-order valence-electron chi connectivity index (χ0n) is 8.38. The number of hydrazone groups is 1. The Bertz CT molecular complexity index is 375. The molecule has 1 aromatic carbocycles. The van der Waals surface area contributed by atoms with E-state index in [0.717, 1.165) is 11.3 Å².